The van der Waals surface area contributed by atoms with Crippen molar-refractivity contribution < 1.29 is 27.5 Å². The summed E-state index contributed by atoms with van der Waals surface area (Å²) in [5.41, 5.74) is 0.687. The maximum absolute atomic E-state index is 13.0. The summed E-state index contributed by atoms with van der Waals surface area (Å²) in [7, 11) is -4.02. The summed E-state index contributed by atoms with van der Waals surface area (Å²) < 4.78 is 40.3. The average Bonchev–Trinajstić information content (AvgIpc) is 2.54. The summed E-state index contributed by atoms with van der Waals surface area (Å²) in [6, 6.07) is 9.12. The van der Waals surface area contributed by atoms with E-state index in [2.05, 4.69) is 4.72 Å². The molecule has 0 saturated carbocycles. The number of carbonyl (C=O) groups is 2. The van der Waals surface area contributed by atoms with Crippen LogP contribution in [0.3, 0.4) is 0 Å². The van der Waals surface area contributed by atoms with Crippen LogP contribution < -0.4 is 4.72 Å². The van der Waals surface area contributed by atoms with Crippen LogP contribution in [0.15, 0.2) is 53.4 Å². The van der Waals surface area contributed by atoms with E-state index in [-0.39, 0.29) is 10.7 Å². The molecule has 2 N–H and O–H groups in total. The number of halogens is 1. The van der Waals surface area contributed by atoms with Crippen molar-refractivity contribution in [1.29, 1.82) is 0 Å². The number of benzene rings is 2. The van der Waals surface area contributed by atoms with Crippen LogP contribution in [0.4, 0.5) is 4.39 Å². The Morgan fingerprint density at radius 2 is 1.64 bits per heavy atom. The van der Waals surface area contributed by atoms with E-state index in [0.29, 0.717) is 11.1 Å². The zero-order chi connectivity index (χ0) is 18.6. The lowest BCUT2D eigenvalue weighted by Gasteiger charge is -2.17. The Morgan fingerprint density at radius 1 is 1.08 bits per heavy atom. The van der Waals surface area contributed by atoms with Gasteiger partial charge in [-0.15, -0.1) is 0 Å². The van der Waals surface area contributed by atoms with Crippen molar-refractivity contribution in [2.75, 3.05) is 0 Å². The number of ketones is 1. The normalized spacial score (nSPS) is 12.6. The highest BCUT2D eigenvalue weighted by atomic mass is 32.2. The van der Waals surface area contributed by atoms with Crippen molar-refractivity contribution in [2.24, 2.45) is 0 Å². The summed E-state index contributed by atoms with van der Waals surface area (Å²) in [5.74, 6) is -1.92. The SMILES string of the molecule is CC(=O)c1ccc(S(=O)(=O)N[C@@H](CC(=O)O)c2ccc(F)cc2)cc1. The maximum Gasteiger partial charge on any atom is 0.305 e. The minimum Gasteiger partial charge on any atom is -0.481 e. The van der Waals surface area contributed by atoms with Crippen LogP contribution in [0.1, 0.15) is 35.3 Å². The molecular weight excluding hydrogens is 349 g/mol. The molecule has 0 heterocycles. The van der Waals surface area contributed by atoms with Crippen molar-refractivity contribution in [2.45, 2.75) is 24.3 Å². The van der Waals surface area contributed by atoms with Gasteiger partial charge in [0.25, 0.3) is 0 Å². The Morgan fingerprint density at radius 3 is 2.12 bits per heavy atom. The first-order valence-electron chi connectivity index (χ1n) is 7.29. The number of aliphatic carboxylic acids is 1. The number of sulfonamides is 1. The molecule has 0 spiro atoms. The van der Waals surface area contributed by atoms with Crippen LogP contribution >= 0.6 is 0 Å². The van der Waals surface area contributed by atoms with Gasteiger partial charge in [-0.3, -0.25) is 9.59 Å². The van der Waals surface area contributed by atoms with Gasteiger partial charge in [-0.2, -0.15) is 0 Å². The lowest BCUT2D eigenvalue weighted by atomic mass is 10.1. The molecule has 25 heavy (non-hydrogen) atoms. The maximum atomic E-state index is 13.0. The zero-order valence-electron chi connectivity index (χ0n) is 13.3. The molecule has 0 bridgehead atoms. The zero-order valence-corrected chi connectivity index (χ0v) is 14.1. The smallest absolute Gasteiger partial charge is 0.305 e. The second-order valence-corrected chi connectivity index (χ2v) is 7.12. The van der Waals surface area contributed by atoms with Crippen molar-refractivity contribution >= 4 is 21.8 Å². The third-order valence-corrected chi connectivity index (χ3v) is 5.01. The number of nitrogens with one attached hydrogen (secondary N) is 1. The first-order chi connectivity index (χ1) is 11.7. The number of carboxylic acid groups (broad SMARTS) is 1. The summed E-state index contributed by atoms with van der Waals surface area (Å²) in [6.45, 7) is 1.36. The second-order valence-electron chi connectivity index (χ2n) is 5.40. The topological polar surface area (TPSA) is 101 Å². The molecule has 0 unspecified atom stereocenters. The Kier molecular flexibility index (Phi) is 5.66. The molecule has 0 amide bonds. The minimum atomic E-state index is -4.02. The van der Waals surface area contributed by atoms with Gasteiger partial charge in [0, 0.05) is 5.56 Å². The molecule has 0 aliphatic carbocycles. The first kappa shape index (κ1) is 18.8. The molecule has 6 nitrogen and oxygen atoms in total. The van der Waals surface area contributed by atoms with Gasteiger partial charge in [0.2, 0.25) is 10.0 Å². The highest BCUT2D eigenvalue weighted by Gasteiger charge is 2.23. The predicted molar refractivity (Wildman–Crippen MR) is 88.2 cm³/mol. The molecule has 0 aliphatic rings. The molecule has 132 valence electrons. The number of rotatable bonds is 7. The van der Waals surface area contributed by atoms with Gasteiger partial charge in [0.1, 0.15) is 5.82 Å². The number of carboxylic acids is 1. The van der Waals surface area contributed by atoms with Crippen LogP contribution in [-0.2, 0) is 14.8 Å². The van der Waals surface area contributed by atoms with Crippen LogP contribution in [0.25, 0.3) is 0 Å². The number of hydrogen-bond donors (Lipinski definition) is 2. The summed E-state index contributed by atoms with van der Waals surface area (Å²) in [4.78, 5) is 22.2. The molecule has 0 aromatic heterocycles. The number of carbonyl (C=O) groups excluding carboxylic acids is 1. The fraction of sp³-hybridized carbons (Fsp3) is 0.176. The van der Waals surface area contributed by atoms with E-state index in [1.54, 1.807) is 0 Å². The quantitative estimate of drug-likeness (QED) is 0.735. The molecule has 2 rings (SSSR count). The van der Waals surface area contributed by atoms with Crippen molar-refractivity contribution in [1.82, 2.24) is 4.72 Å². The van der Waals surface area contributed by atoms with Gasteiger partial charge >= 0.3 is 5.97 Å². The van der Waals surface area contributed by atoms with Gasteiger partial charge in [-0.1, -0.05) is 24.3 Å². The molecule has 0 aliphatic heterocycles. The third-order valence-electron chi connectivity index (χ3n) is 3.52. The third kappa shape index (κ3) is 4.94. The predicted octanol–water partition coefficient (Wildman–Crippen LogP) is 2.52. The molecule has 8 heteroatoms. The Bertz CT molecular complexity index is 876. The first-order valence-corrected chi connectivity index (χ1v) is 8.78. The standard InChI is InChI=1S/C17H16FNO5S/c1-11(20)12-4-8-15(9-5-12)25(23,24)19-16(10-17(21)22)13-2-6-14(18)7-3-13/h2-9,16,19H,10H2,1H3,(H,21,22)/t16-/m0/s1. The van der Waals surface area contributed by atoms with Gasteiger partial charge in [-0.25, -0.2) is 17.5 Å². The fourth-order valence-electron chi connectivity index (χ4n) is 2.22. The highest BCUT2D eigenvalue weighted by Crippen LogP contribution is 2.21. The van der Waals surface area contributed by atoms with Crippen molar-refractivity contribution in [3.05, 3.63) is 65.5 Å². The van der Waals surface area contributed by atoms with E-state index in [0.717, 1.165) is 12.1 Å². The Labute approximate surface area is 144 Å². The van der Waals surface area contributed by atoms with Gasteiger partial charge in [0.15, 0.2) is 5.78 Å². The number of Topliss-reactive ketones (excluding diaryl/α,β-unsaturated/α-hetero) is 1. The van der Waals surface area contributed by atoms with Crippen LogP contribution in [-0.4, -0.2) is 25.3 Å². The molecule has 2 aromatic rings. The van der Waals surface area contributed by atoms with E-state index in [1.807, 2.05) is 0 Å². The molecule has 0 fully saturated rings. The molecule has 0 radical (unpaired) electrons. The summed E-state index contributed by atoms with van der Waals surface area (Å²) in [6.07, 6.45) is -0.504. The van der Waals surface area contributed by atoms with Crippen LogP contribution in [0, 0.1) is 5.82 Å². The van der Waals surface area contributed by atoms with E-state index in [4.69, 9.17) is 5.11 Å². The monoisotopic (exact) mass is 365 g/mol. The molecule has 2 aromatic carbocycles. The van der Waals surface area contributed by atoms with E-state index >= 15 is 0 Å². The Balaban J connectivity index is 2.31. The highest BCUT2D eigenvalue weighted by molar-refractivity contribution is 7.89. The minimum absolute atomic E-state index is 0.102. The lowest BCUT2D eigenvalue weighted by molar-refractivity contribution is -0.137. The van der Waals surface area contributed by atoms with E-state index < -0.39 is 34.3 Å². The fourth-order valence-corrected chi connectivity index (χ4v) is 3.45. The summed E-state index contributed by atoms with van der Waals surface area (Å²) >= 11 is 0. The second kappa shape index (κ2) is 7.54. The molecule has 1 atom stereocenters. The van der Waals surface area contributed by atoms with Crippen LogP contribution in [0.2, 0.25) is 0 Å². The summed E-state index contributed by atoms with van der Waals surface area (Å²) in [5, 5.41) is 9.02. The van der Waals surface area contributed by atoms with Gasteiger partial charge in [-0.05, 0) is 36.8 Å². The number of hydrogen-bond acceptors (Lipinski definition) is 4. The molecule has 0 saturated heterocycles. The molecular formula is C17H16FNO5S. The van der Waals surface area contributed by atoms with Crippen molar-refractivity contribution in [3.63, 3.8) is 0 Å². The van der Waals surface area contributed by atoms with Gasteiger partial charge < -0.3 is 5.11 Å². The van der Waals surface area contributed by atoms with Crippen molar-refractivity contribution in [3.8, 4) is 0 Å². The average molecular weight is 365 g/mol. The van der Waals surface area contributed by atoms with E-state index in [9.17, 15) is 22.4 Å². The van der Waals surface area contributed by atoms with Crippen LogP contribution in [0.5, 0.6) is 0 Å². The van der Waals surface area contributed by atoms with E-state index in [1.165, 1.54) is 43.3 Å². The van der Waals surface area contributed by atoms with Gasteiger partial charge in [0.05, 0.1) is 17.4 Å². The lowest BCUT2D eigenvalue weighted by Crippen LogP contribution is -2.30. The largest absolute Gasteiger partial charge is 0.481 e. The Hall–Kier alpha value is -2.58.